The van der Waals surface area contributed by atoms with Crippen LogP contribution in [0, 0.1) is 0 Å². The van der Waals surface area contributed by atoms with Gasteiger partial charge in [0.25, 0.3) is 0 Å². The molecule has 0 radical (unpaired) electrons. The molecule has 0 amide bonds. The quantitative estimate of drug-likeness (QED) is 0.792. The van der Waals surface area contributed by atoms with Gasteiger partial charge in [-0.2, -0.15) is 0 Å². The fraction of sp³-hybridized carbons (Fsp3) is 0.250. The molecule has 0 spiro atoms. The maximum absolute atomic E-state index is 6.08. The average molecular weight is 310 g/mol. The summed E-state index contributed by atoms with van der Waals surface area (Å²) in [6.07, 6.45) is 1.04. The molecule has 0 aliphatic heterocycles. The van der Waals surface area contributed by atoms with E-state index in [2.05, 4.69) is 24.4 Å². The molecule has 0 aliphatic carbocycles. The largest absolute Gasteiger partial charge is 0.456 e. The van der Waals surface area contributed by atoms with Crippen LogP contribution in [0.15, 0.2) is 42.5 Å². The number of halogens is 2. The Hall–Kier alpha value is -1.22. The summed E-state index contributed by atoms with van der Waals surface area (Å²) in [5.41, 5.74) is 1.24. The van der Waals surface area contributed by atoms with Gasteiger partial charge in [0.1, 0.15) is 11.5 Å². The van der Waals surface area contributed by atoms with Crippen LogP contribution in [0.2, 0.25) is 10.0 Å². The third kappa shape index (κ3) is 3.66. The molecule has 2 aromatic rings. The lowest BCUT2D eigenvalue weighted by Crippen LogP contribution is -2.14. The molecule has 4 heteroatoms. The van der Waals surface area contributed by atoms with Gasteiger partial charge in [0, 0.05) is 17.1 Å². The lowest BCUT2D eigenvalue weighted by atomic mass is 10.0. The Bertz CT molecular complexity index is 565. The van der Waals surface area contributed by atoms with E-state index in [0.29, 0.717) is 21.8 Å². The summed E-state index contributed by atoms with van der Waals surface area (Å²) in [5.74, 6) is 1.30. The van der Waals surface area contributed by atoms with E-state index in [1.54, 1.807) is 18.2 Å². The third-order valence-corrected chi connectivity index (χ3v) is 3.71. The van der Waals surface area contributed by atoms with Crippen molar-refractivity contribution in [3.8, 4) is 11.5 Å². The second-order valence-electron chi connectivity index (χ2n) is 4.50. The molecule has 0 saturated heterocycles. The van der Waals surface area contributed by atoms with Crippen LogP contribution >= 0.6 is 23.2 Å². The number of hydrogen-bond donors (Lipinski definition) is 1. The van der Waals surface area contributed by atoms with Gasteiger partial charge in [-0.3, -0.25) is 0 Å². The summed E-state index contributed by atoms with van der Waals surface area (Å²) in [6.45, 7) is 2.15. The molecular weight excluding hydrogens is 293 g/mol. The topological polar surface area (TPSA) is 21.3 Å². The van der Waals surface area contributed by atoms with E-state index in [4.69, 9.17) is 27.9 Å². The molecule has 0 aliphatic rings. The highest BCUT2D eigenvalue weighted by atomic mass is 35.5. The van der Waals surface area contributed by atoms with Crippen LogP contribution in [0.3, 0.4) is 0 Å². The molecule has 0 heterocycles. The van der Waals surface area contributed by atoms with Crippen LogP contribution in [-0.4, -0.2) is 7.05 Å². The molecule has 20 heavy (non-hydrogen) atoms. The molecular formula is C16H17Cl2NO. The van der Waals surface area contributed by atoms with E-state index >= 15 is 0 Å². The zero-order chi connectivity index (χ0) is 14.5. The summed E-state index contributed by atoms with van der Waals surface area (Å²) >= 11 is 12.0. The normalized spacial score (nSPS) is 12.2. The van der Waals surface area contributed by atoms with Crippen LogP contribution in [-0.2, 0) is 0 Å². The number of benzene rings is 2. The molecule has 0 aromatic heterocycles. The molecule has 1 atom stereocenters. The zero-order valence-electron chi connectivity index (χ0n) is 11.5. The number of hydrogen-bond acceptors (Lipinski definition) is 2. The fourth-order valence-electron chi connectivity index (χ4n) is 2.06. The Kier molecular flexibility index (Phi) is 5.30. The second kappa shape index (κ2) is 6.98. The van der Waals surface area contributed by atoms with Gasteiger partial charge in [0.15, 0.2) is 0 Å². The van der Waals surface area contributed by atoms with Gasteiger partial charge in [0.05, 0.1) is 5.02 Å². The second-order valence-corrected chi connectivity index (χ2v) is 5.34. The van der Waals surface area contributed by atoms with Gasteiger partial charge < -0.3 is 10.1 Å². The molecule has 1 unspecified atom stereocenters. The van der Waals surface area contributed by atoms with Crippen LogP contribution in [0.1, 0.15) is 24.9 Å². The van der Waals surface area contributed by atoms with Gasteiger partial charge in [-0.05, 0) is 43.3 Å². The van der Waals surface area contributed by atoms with Crippen molar-refractivity contribution in [2.75, 3.05) is 7.05 Å². The average Bonchev–Trinajstić information content (AvgIpc) is 2.46. The molecule has 106 valence electrons. The highest BCUT2D eigenvalue weighted by molar-refractivity contribution is 6.34. The molecule has 2 aromatic carbocycles. The maximum atomic E-state index is 6.08. The van der Waals surface area contributed by atoms with Crippen LogP contribution < -0.4 is 10.1 Å². The molecule has 0 saturated carbocycles. The number of rotatable bonds is 5. The molecule has 0 fully saturated rings. The molecule has 0 bridgehead atoms. The van der Waals surface area contributed by atoms with Gasteiger partial charge in [-0.15, -0.1) is 0 Å². The maximum Gasteiger partial charge on any atom is 0.147 e. The van der Waals surface area contributed by atoms with Crippen molar-refractivity contribution in [1.82, 2.24) is 5.32 Å². The van der Waals surface area contributed by atoms with Gasteiger partial charge in [0.2, 0.25) is 0 Å². The fourth-order valence-corrected chi connectivity index (χ4v) is 2.38. The SMILES string of the molecule is CCC(NC)c1ccc(Oc2cc(Cl)ccc2Cl)cc1. The third-order valence-electron chi connectivity index (χ3n) is 3.16. The van der Waals surface area contributed by atoms with Gasteiger partial charge >= 0.3 is 0 Å². The zero-order valence-corrected chi connectivity index (χ0v) is 13.0. The highest BCUT2D eigenvalue weighted by Crippen LogP contribution is 2.32. The summed E-state index contributed by atoms with van der Waals surface area (Å²) < 4.78 is 5.76. The lowest BCUT2D eigenvalue weighted by Gasteiger charge is -2.15. The standard InChI is InChI=1S/C16H17Cl2NO/c1-3-15(19-2)11-4-7-13(8-5-11)20-16-10-12(17)6-9-14(16)18/h4-10,15,19H,3H2,1-2H3. The first kappa shape index (κ1) is 15.2. The van der Waals surface area contributed by atoms with E-state index in [0.717, 1.165) is 12.2 Å². The van der Waals surface area contributed by atoms with Crippen LogP contribution in [0.4, 0.5) is 0 Å². The Morgan fingerprint density at radius 3 is 2.40 bits per heavy atom. The molecule has 2 nitrogen and oxygen atoms in total. The highest BCUT2D eigenvalue weighted by Gasteiger charge is 2.08. The van der Waals surface area contributed by atoms with Crippen molar-refractivity contribution in [2.24, 2.45) is 0 Å². The predicted molar refractivity (Wildman–Crippen MR) is 85.1 cm³/mol. The van der Waals surface area contributed by atoms with E-state index in [9.17, 15) is 0 Å². The van der Waals surface area contributed by atoms with Crippen molar-refractivity contribution < 1.29 is 4.74 Å². The Morgan fingerprint density at radius 2 is 1.80 bits per heavy atom. The van der Waals surface area contributed by atoms with E-state index in [-0.39, 0.29) is 0 Å². The van der Waals surface area contributed by atoms with E-state index in [1.165, 1.54) is 5.56 Å². The van der Waals surface area contributed by atoms with Crippen molar-refractivity contribution in [1.29, 1.82) is 0 Å². The predicted octanol–water partition coefficient (Wildman–Crippen LogP) is 5.46. The Morgan fingerprint density at radius 1 is 1.10 bits per heavy atom. The van der Waals surface area contributed by atoms with E-state index in [1.807, 2.05) is 19.2 Å². The Labute approximate surface area is 129 Å². The van der Waals surface area contributed by atoms with Crippen LogP contribution in [0.25, 0.3) is 0 Å². The van der Waals surface area contributed by atoms with Crippen molar-refractivity contribution in [3.05, 3.63) is 58.1 Å². The number of ether oxygens (including phenoxy) is 1. The lowest BCUT2D eigenvalue weighted by molar-refractivity contribution is 0.482. The van der Waals surface area contributed by atoms with Crippen molar-refractivity contribution >= 4 is 23.2 Å². The smallest absolute Gasteiger partial charge is 0.147 e. The van der Waals surface area contributed by atoms with Gasteiger partial charge in [-0.1, -0.05) is 42.3 Å². The minimum atomic E-state index is 0.360. The minimum absolute atomic E-state index is 0.360. The summed E-state index contributed by atoms with van der Waals surface area (Å²) in [5, 5.41) is 4.42. The Balaban J connectivity index is 2.16. The summed E-state index contributed by atoms with van der Waals surface area (Å²) in [7, 11) is 1.96. The van der Waals surface area contributed by atoms with Crippen LogP contribution in [0.5, 0.6) is 11.5 Å². The molecule has 2 rings (SSSR count). The summed E-state index contributed by atoms with van der Waals surface area (Å²) in [6, 6.07) is 13.5. The van der Waals surface area contributed by atoms with Crippen molar-refractivity contribution in [3.63, 3.8) is 0 Å². The molecule has 1 N–H and O–H groups in total. The number of nitrogens with one attached hydrogen (secondary N) is 1. The van der Waals surface area contributed by atoms with Gasteiger partial charge in [-0.25, -0.2) is 0 Å². The van der Waals surface area contributed by atoms with Crippen molar-refractivity contribution in [2.45, 2.75) is 19.4 Å². The first-order chi connectivity index (χ1) is 9.63. The monoisotopic (exact) mass is 309 g/mol. The minimum Gasteiger partial charge on any atom is -0.456 e. The van der Waals surface area contributed by atoms with E-state index < -0.39 is 0 Å². The first-order valence-corrected chi connectivity index (χ1v) is 7.29. The summed E-state index contributed by atoms with van der Waals surface area (Å²) in [4.78, 5) is 0. The first-order valence-electron chi connectivity index (χ1n) is 6.54.